The Morgan fingerprint density at radius 1 is 0.415 bits per heavy atom. The Kier molecular flexibility index (Phi) is 5.42. The zero-order valence-corrected chi connectivity index (χ0v) is 22.1. The van der Waals surface area contributed by atoms with Crippen LogP contribution in [0.2, 0.25) is 0 Å². The van der Waals surface area contributed by atoms with Crippen molar-refractivity contribution in [3.8, 4) is 39.3 Å². The first kappa shape index (κ1) is 23.3. The first-order valence-corrected chi connectivity index (χ1v) is 13.7. The molecule has 3 aromatic heterocycles. The van der Waals surface area contributed by atoms with Crippen LogP contribution < -0.4 is 0 Å². The van der Waals surface area contributed by atoms with Gasteiger partial charge in [-0.2, -0.15) is 0 Å². The number of benzene rings is 5. The molecule has 192 valence electrons. The molecule has 0 aliphatic heterocycles. The van der Waals surface area contributed by atoms with Gasteiger partial charge in [-0.25, -0.2) is 4.98 Å². The summed E-state index contributed by atoms with van der Waals surface area (Å²) in [5, 5.41) is 2.22. The summed E-state index contributed by atoms with van der Waals surface area (Å²) in [6.45, 7) is 0. The van der Waals surface area contributed by atoms with Gasteiger partial charge in [0.05, 0.1) is 22.1 Å². The predicted molar refractivity (Wildman–Crippen MR) is 168 cm³/mol. The molecule has 0 N–H and O–H groups in total. The van der Waals surface area contributed by atoms with Crippen LogP contribution in [0.5, 0.6) is 0 Å². The van der Waals surface area contributed by atoms with Gasteiger partial charge in [0, 0.05) is 45.5 Å². The third-order valence-electron chi connectivity index (χ3n) is 7.61. The van der Waals surface area contributed by atoms with Crippen LogP contribution in [0.4, 0.5) is 0 Å². The third kappa shape index (κ3) is 4.14. The van der Waals surface area contributed by atoms with Gasteiger partial charge in [0.1, 0.15) is 5.82 Å². The smallest absolute Gasteiger partial charge is 0.145 e. The van der Waals surface area contributed by atoms with Crippen molar-refractivity contribution < 1.29 is 0 Å². The fourth-order valence-corrected chi connectivity index (χ4v) is 5.61. The molecule has 0 atom stereocenters. The second-order valence-electron chi connectivity index (χ2n) is 10.2. The number of hydrogen-bond donors (Lipinski definition) is 0. The minimum atomic E-state index is 0.892. The van der Waals surface area contributed by atoms with Gasteiger partial charge in [0.25, 0.3) is 0 Å². The van der Waals surface area contributed by atoms with E-state index in [0.29, 0.717) is 0 Å². The second-order valence-corrected chi connectivity index (χ2v) is 10.2. The van der Waals surface area contributed by atoms with Crippen molar-refractivity contribution in [1.29, 1.82) is 0 Å². The van der Waals surface area contributed by atoms with E-state index in [9.17, 15) is 0 Å². The lowest BCUT2D eigenvalue weighted by Gasteiger charge is -2.14. The molecule has 4 heteroatoms. The highest BCUT2D eigenvalue weighted by Gasteiger charge is 2.17. The molecule has 0 aliphatic carbocycles. The molecule has 0 saturated carbocycles. The highest BCUT2D eigenvalue weighted by atomic mass is 15.1. The molecule has 4 nitrogen and oxygen atoms in total. The maximum Gasteiger partial charge on any atom is 0.145 e. The Bertz CT molecular complexity index is 2120. The molecule has 0 spiro atoms. The number of hydrogen-bond acceptors (Lipinski definition) is 3. The highest BCUT2D eigenvalue weighted by Crippen LogP contribution is 2.36. The summed E-state index contributed by atoms with van der Waals surface area (Å²) in [5.41, 5.74) is 10.4. The molecule has 41 heavy (non-hydrogen) atoms. The van der Waals surface area contributed by atoms with Crippen LogP contribution in [0.3, 0.4) is 0 Å². The number of pyridine rings is 2. The molecular weight excluding hydrogens is 500 g/mol. The minimum Gasteiger partial charge on any atom is -0.292 e. The van der Waals surface area contributed by atoms with E-state index in [0.717, 1.165) is 72.2 Å². The molecule has 0 radical (unpaired) electrons. The van der Waals surface area contributed by atoms with Crippen LogP contribution in [0.15, 0.2) is 146 Å². The van der Waals surface area contributed by atoms with Crippen LogP contribution in [-0.2, 0) is 0 Å². The normalized spacial score (nSPS) is 11.4. The number of aromatic nitrogens is 4. The SMILES string of the molecule is c1ccc(-n2c(-c3cc(-c4cnc5ccccc5c4)cc(-c4cnc5ccccc5c4)c3)nc3ccccc32)cc1. The Labute approximate surface area is 237 Å². The molecule has 5 aromatic carbocycles. The number of rotatable bonds is 4. The maximum absolute atomic E-state index is 5.16. The van der Waals surface area contributed by atoms with Crippen LogP contribution in [0.25, 0.3) is 72.2 Å². The van der Waals surface area contributed by atoms with Crippen LogP contribution in [-0.4, -0.2) is 19.5 Å². The average Bonchev–Trinajstić information content (AvgIpc) is 3.44. The summed E-state index contributed by atoms with van der Waals surface area (Å²) in [6.07, 6.45) is 3.92. The number of imidazole rings is 1. The maximum atomic E-state index is 5.16. The largest absolute Gasteiger partial charge is 0.292 e. The fraction of sp³-hybridized carbons (Fsp3) is 0. The first-order valence-electron chi connectivity index (χ1n) is 13.7. The molecule has 8 rings (SSSR count). The summed E-state index contributed by atoms with van der Waals surface area (Å²) >= 11 is 0. The van der Waals surface area contributed by atoms with Crippen LogP contribution in [0.1, 0.15) is 0 Å². The van der Waals surface area contributed by atoms with Gasteiger partial charge in [-0.05, 0) is 77.9 Å². The van der Waals surface area contributed by atoms with Gasteiger partial charge in [-0.15, -0.1) is 0 Å². The Hall–Kier alpha value is -5.61. The molecule has 8 aromatic rings. The molecule has 0 bridgehead atoms. The topological polar surface area (TPSA) is 43.6 Å². The van der Waals surface area contributed by atoms with Crippen molar-refractivity contribution in [3.63, 3.8) is 0 Å². The van der Waals surface area contributed by atoms with Crippen molar-refractivity contribution in [1.82, 2.24) is 19.5 Å². The zero-order valence-electron chi connectivity index (χ0n) is 22.1. The summed E-state index contributed by atoms with van der Waals surface area (Å²) in [5.74, 6) is 0.892. The molecule has 0 aliphatic rings. The number of nitrogens with zero attached hydrogens (tertiary/aromatic N) is 4. The summed E-state index contributed by atoms with van der Waals surface area (Å²) in [6, 6.07) is 46.3. The van der Waals surface area contributed by atoms with E-state index in [-0.39, 0.29) is 0 Å². The lowest BCUT2D eigenvalue weighted by atomic mass is 9.96. The van der Waals surface area contributed by atoms with E-state index < -0.39 is 0 Å². The third-order valence-corrected chi connectivity index (χ3v) is 7.61. The summed E-state index contributed by atoms with van der Waals surface area (Å²) < 4.78 is 2.25. The van der Waals surface area contributed by atoms with Gasteiger partial charge in [-0.3, -0.25) is 14.5 Å². The lowest BCUT2D eigenvalue weighted by Crippen LogP contribution is -1.98. The molecule has 0 saturated heterocycles. The van der Waals surface area contributed by atoms with Crippen molar-refractivity contribution in [2.45, 2.75) is 0 Å². The standard InChI is InChI=1S/C37H24N4/c1-2-12-32(13-3-1)41-36-17-9-8-16-35(36)40-37(41)29-21-27(30-18-25-10-4-6-14-33(25)38-23-30)20-28(22-29)31-19-26-11-5-7-15-34(26)39-24-31/h1-24H. The van der Waals surface area contributed by atoms with Crippen molar-refractivity contribution in [2.24, 2.45) is 0 Å². The van der Waals surface area contributed by atoms with Gasteiger partial charge in [-0.1, -0.05) is 66.7 Å². The molecule has 0 unspecified atom stereocenters. The first-order chi connectivity index (χ1) is 20.3. The monoisotopic (exact) mass is 524 g/mol. The lowest BCUT2D eigenvalue weighted by molar-refractivity contribution is 1.10. The van der Waals surface area contributed by atoms with Crippen molar-refractivity contribution in [2.75, 3.05) is 0 Å². The van der Waals surface area contributed by atoms with Gasteiger partial charge in [0.2, 0.25) is 0 Å². The molecular formula is C37H24N4. The Morgan fingerprint density at radius 3 is 1.56 bits per heavy atom. The average molecular weight is 525 g/mol. The van der Waals surface area contributed by atoms with Crippen LogP contribution >= 0.6 is 0 Å². The number of fused-ring (bicyclic) bond motifs is 3. The fourth-order valence-electron chi connectivity index (χ4n) is 5.61. The summed E-state index contributed by atoms with van der Waals surface area (Å²) in [4.78, 5) is 14.7. The van der Waals surface area contributed by atoms with Gasteiger partial charge >= 0.3 is 0 Å². The van der Waals surface area contributed by atoms with Gasteiger partial charge in [0.15, 0.2) is 0 Å². The second kappa shape index (κ2) is 9.54. The van der Waals surface area contributed by atoms with E-state index >= 15 is 0 Å². The van der Waals surface area contributed by atoms with E-state index in [1.165, 1.54) is 0 Å². The van der Waals surface area contributed by atoms with Crippen LogP contribution in [0, 0.1) is 0 Å². The highest BCUT2D eigenvalue weighted by molar-refractivity contribution is 5.90. The van der Waals surface area contributed by atoms with Crippen molar-refractivity contribution in [3.05, 3.63) is 146 Å². The number of para-hydroxylation sites is 5. The van der Waals surface area contributed by atoms with Gasteiger partial charge < -0.3 is 0 Å². The van der Waals surface area contributed by atoms with E-state index in [4.69, 9.17) is 15.0 Å². The summed E-state index contributed by atoms with van der Waals surface area (Å²) in [7, 11) is 0. The predicted octanol–water partition coefficient (Wildman–Crippen LogP) is 9.12. The van der Waals surface area contributed by atoms with Crippen molar-refractivity contribution >= 4 is 32.8 Å². The Morgan fingerprint density at radius 2 is 0.927 bits per heavy atom. The van der Waals surface area contributed by atoms with E-state index in [2.05, 4.69) is 102 Å². The van der Waals surface area contributed by atoms with E-state index in [1.54, 1.807) is 0 Å². The minimum absolute atomic E-state index is 0.892. The van der Waals surface area contributed by atoms with E-state index in [1.807, 2.05) is 48.8 Å². The Balaban J connectivity index is 1.40. The molecule has 0 fully saturated rings. The molecule has 0 amide bonds. The quantitative estimate of drug-likeness (QED) is 0.231. The zero-order chi connectivity index (χ0) is 27.2. The molecule has 3 heterocycles.